The molecule has 0 aromatic heterocycles. The fourth-order valence-electron chi connectivity index (χ4n) is 1.89. The van der Waals surface area contributed by atoms with Gasteiger partial charge in [-0.05, 0) is 24.1 Å². The first-order chi connectivity index (χ1) is 8.49. The van der Waals surface area contributed by atoms with Gasteiger partial charge in [-0.15, -0.1) is 18.7 Å². The zero-order valence-electron chi connectivity index (χ0n) is 9.45. The van der Waals surface area contributed by atoms with Crippen LogP contribution in [0.4, 0.5) is 18.9 Å². The number of hydrazine groups is 2. The second kappa shape index (κ2) is 3.83. The topological polar surface area (TPSA) is 18.5 Å². The SMILES string of the molecule is CCc1ccc2c(c1)N1NN(C(F)(F)F)C=C1S2. The van der Waals surface area contributed by atoms with E-state index in [1.54, 1.807) is 0 Å². The molecule has 0 bridgehead atoms. The Morgan fingerprint density at radius 2 is 2.11 bits per heavy atom. The van der Waals surface area contributed by atoms with Gasteiger partial charge in [0.05, 0.1) is 11.9 Å². The molecule has 2 aliphatic rings. The molecule has 0 atom stereocenters. The van der Waals surface area contributed by atoms with Gasteiger partial charge in [-0.2, -0.15) is 0 Å². The number of hydrogen-bond acceptors (Lipinski definition) is 4. The molecule has 0 saturated carbocycles. The predicted molar refractivity (Wildman–Crippen MR) is 63.3 cm³/mol. The Labute approximate surface area is 106 Å². The van der Waals surface area contributed by atoms with Crippen LogP contribution < -0.4 is 10.5 Å². The van der Waals surface area contributed by atoms with Crippen molar-refractivity contribution in [2.45, 2.75) is 24.5 Å². The van der Waals surface area contributed by atoms with Crippen molar-refractivity contribution in [2.24, 2.45) is 0 Å². The molecule has 2 heterocycles. The number of thioether (sulfide) groups is 1. The van der Waals surface area contributed by atoms with Gasteiger partial charge in [-0.1, -0.05) is 24.8 Å². The minimum Gasteiger partial charge on any atom is -0.249 e. The molecule has 3 rings (SSSR count). The van der Waals surface area contributed by atoms with Crippen LogP contribution in [-0.4, -0.2) is 11.3 Å². The lowest BCUT2D eigenvalue weighted by atomic mass is 10.1. The van der Waals surface area contributed by atoms with Gasteiger partial charge in [0.25, 0.3) is 0 Å². The fraction of sp³-hybridized carbons (Fsp3) is 0.273. The lowest BCUT2D eigenvalue weighted by Gasteiger charge is -2.23. The van der Waals surface area contributed by atoms with Crippen molar-refractivity contribution in [3.05, 3.63) is 35.0 Å². The first-order valence-corrected chi connectivity index (χ1v) is 6.26. The van der Waals surface area contributed by atoms with Crippen LogP contribution in [0.5, 0.6) is 0 Å². The first-order valence-electron chi connectivity index (χ1n) is 5.44. The number of fused-ring (bicyclic) bond motifs is 3. The van der Waals surface area contributed by atoms with E-state index in [4.69, 9.17) is 0 Å². The van der Waals surface area contributed by atoms with Gasteiger partial charge >= 0.3 is 6.30 Å². The smallest absolute Gasteiger partial charge is 0.249 e. The molecule has 0 amide bonds. The van der Waals surface area contributed by atoms with E-state index in [9.17, 15) is 13.2 Å². The van der Waals surface area contributed by atoms with Crippen molar-refractivity contribution in [3.8, 4) is 0 Å². The van der Waals surface area contributed by atoms with Gasteiger partial charge in [-0.25, -0.2) is 10.0 Å². The fourth-order valence-corrected chi connectivity index (χ4v) is 2.89. The molecule has 0 saturated heterocycles. The zero-order valence-corrected chi connectivity index (χ0v) is 10.3. The van der Waals surface area contributed by atoms with E-state index in [2.05, 4.69) is 5.53 Å². The molecular weight excluding hydrogens is 263 g/mol. The van der Waals surface area contributed by atoms with Gasteiger partial charge in [-0.3, -0.25) is 0 Å². The van der Waals surface area contributed by atoms with Gasteiger partial charge in [0.1, 0.15) is 5.03 Å². The average molecular weight is 273 g/mol. The molecule has 96 valence electrons. The van der Waals surface area contributed by atoms with Crippen LogP contribution >= 0.6 is 11.8 Å². The van der Waals surface area contributed by atoms with E-state index in [1.807, 2.05) is 25.1 Å². The number of benzene rings is 1. The summed E-state index contributed by atoms with van der Waals surface area (Å²) >= 11 is 1.33. The van der Waals surface area contributed by atoms with E-state index >= 15 is 0 Å². The van der Waals surface area contributed by atoms with Crippen LogP contribution in [-0.2, 0) is 6.42 Å². The number of halogens is 3. The lowest BCUT2D eigenvalue weighted by molar-refractivity contribution is -0.241. The Bertz CT molecular complexity index is 527. The van der Waals surface area contributed by atoms with Crippen molar-refractivity contribution in [2.75, 3.05) is 5.01 Å². The van der Waals surface area contributed by atoms with E-state index < -0.39 is 6.30 Å². The Balaban J connectivity index is 1.93. The van der Waals surface area contributed by atoms with Crippen LogP contribution in [0.3, 0.4) is 0 Å². The summed E-state index contributed by atoms with van der Waals surface area (Å²) in [4.78, 5) is 0.966. The minimum absolute atomic E-state index is 0.164. The van der Waals surface area contributed by atoms with E-state index in [1.165, 1.54) is 16.8 Å². The molecule has 0 aliphatic carbocycles. The Hall–Kier alpha value is -1.34. The summed E-state index contributed by atoms with van der Waals surface area (Å²) in [6.07, 6.45) is -2.50. The molecule has 2 aliphatic heterocycles. The average Bonchev–Trinajstić information content (AvgIpc) is 2.84. The molecule has 1 N–H and O–H groups in total. The molecule has 18 heavy (non-hydrogen) atoms. The van der Waals surface area contributed by atoms with Gasteiger partial charge in [0, 0.05) is 4.90 Å². The molecule has 0 radical (unpaired) electrons. The van der Waals surface area contributed by atoms with Crippen LogP contribution in [0, 0.1) is 0 Å². The van der Waals surface area contributed by atoms with Crippen molar-refractivity contribution in [1.29, 1.82) is 0 Å². The van der Waals surface area contributed by atoms with Crippen LogP contribution in [0.25, 0.3) is 0 Å². The number of aryl methyl sites for hydroxylation is 1. The van der Waals surface area contributed by atoms with Crippen molar-refractivity contribution in [1.82, 2.24) is 10.5 Å². The number of anilines is 1. The predicted octanol–water partition coefficient (Wildman–Crippen LogP) is 3.22. The third kappa shape index (κ3) is 1.74. The molecular formula is C11H10F3N3S. The molecule has 3 nitrogen and oxygen atoms in total. The highest BCUT2D eigenvalue weighted by molar-refractivity contribution is 8.03. The van der Waals surface area contributed by atoms with E-state index in [-0.39, 0.29) is 5.01 Å². The highest BCUT2D eigenvalue weighted by atomic mass is 32.2. The lowest BCUT2D eigenvalue weighted by Crippen LogP contribution is -2.46. The van der Waals surface area contributed by atoms with Gasteiger partial charge < -0.3 is 0 Å². The number of alkyl halides is 3. The van der Waals surface area contributed by atoms with Crippen LogP contribution in [0.15, 0.2) is 34.3 Å². The molecule has 0 spiro atoms. The second-order valence-electron chi connectivity index (χ2n) is 4.00. The standard InChI is InChI=1S/C11H10F3N3S/c1-2-7-3-4-9-8(5-7)17-10(18-9)6-16(15-17)11(12,13)14/h3-6,15H,2H2,1H3. The van der Waals surface area contributed by atoms with Gasteiger partial charge in [0.15, 0.2) is 0 Å². The minimum atomic E-state index is -4.42. The first kappa shape index (κ1) is 11.7. The molecule has 7 heteroatoms. The molecule has 1 aromatic rings. The zero-order chi connectivity index (χ0) is 12.9. The molecule has 1 aromatic carbocycles. The van der Waals surface area contributed by atoms with Crippen molar-refractivity contribution >= 4 is 17.4 Å². The van der Waals surface area contributed by atoms with Crippen LogP contribution in [0.1, 0.15) is 12.5 Å². The summed E-state index contributed by atoms with van der Waals surface area (Å²) < 4.78 is 37.7. The number of nitrogens with zero attached hydrogens (tertiary/aromatic N) is 2. The maximum Gasteiger partial charge on any atom is 0.500 e. The normalized spacial score (nSPS) is 17.9. The summed E-state index contributed by atoms with van der Waals surface area (Å²) in [7, 11) is 0. The summed E-state index contributed by atoms with van der Waals surface area (Å²) in [5.41, 5.74) is 4.20. The third-order valence-corrected chi connectivity index (χ3v) is 3.89. The maximum absolute atomic E-state index is 12.6. The van der Waals surface area contributed by atoms with E-state index in [0.29, 0.717) is 5.03 Å². The van der Waals surface area contributed by atoms with Gasteiger partial charge in [0.2, 0.25) is 0 Å². The maximum atomic E-state index is 12.6. The second-order valence-corrected chi connectivity index (χ2v) is 5.06. The highest BCUT2D eigenvalue weighted by Crippen LogP contribution is 2.48. The van der Waals surface area contributed by atoms with Crippen LogP contribution in [0.2, 0.25) is 0 Å². The molecule has 0 fully saturated rings. The third-order valence-electron chi connectivity index (χ3n) is 2.83. The quantitative estimate of drug-likeness (QED) is 0.792. The largest absolute Gasteiger partial charge is 0.500 e. The Morgan fingerprint density at radius 3 is 2.78 bits per heavy atom. The van der Waals surface area contributed by atoms with Crippen molar-refractivity contribution < 1.29 is 13.2 Å². The van der Waals surface area contributed by atoms with E-state index in [0.717, 1.165) is 28.8 Å². The number of rotatable bonds is 1. The Morgan fingerprint density at radius 1 is 1.33 bits per heavy atom. The summed E-state index contributed by atoms with van der Waals surface area (Å²) in [6, 6.07) is 5.85. The highest BCUT2D eigenvalue weighted by Gasteiger charge is 2.43. The number of hydrogen-bond donors (Lipinski definition) is 1. The summed E-state index contributed by atoms with van der Waals surface area (Å²) in [6.45, 7) is 2.01. The summed E-state index contributed by atoms with van der Waals surface area (Å²) in [5, 5.41) is 2.17. The monoisotopic (exact) mass is 273 g/mol. The molecule has 0 unspecified atom stereocenters. The van der Waals surface area contributed by atoms with Crippen molar-refractivity contribution in [3.63, 3.8) is 0 Å². The number of nitrogens with one attached hydrogen (secondary N) is 1. The summed E-state index contributed by atoms with van der Waals surface area (Å²) in [5.74, 6) is 0. The Kier molecular flexibility index (Phi) is 2.49.